The summed E-state index contributed by atoms with van der Waals surface area (Å²) in [5.74, 6) is -1.20. The minimum Gasteiger partial charge on any atom is -0.481 e. The number of carbonyl (C=O) groups is 2. The maximum Gasteiger partial charge on any atom is 0.321 e. The molecule has 2 rings (SSSR count). The first-order valence-corrected chi connectivity index (χ1v) is 6.87. The van der Waals surface area contributed by atoms with Crippen LogP contribution in [0.2, 0.25) is 5.02 Å². The van der Waals surface area contributed by atoms with E-state index in [1.54, 1.807) is 17.0 Å². The van der Waals surface area contributed by atoms with Gasteiger partial charge in [-0.1, -0.05) is 11.6 Å². The molecule has 6 nitrogen and oxygen atoms in total. The van der Waals surface area contributed by atoms with Crippen molar-refractivity contribution in [3.05, 3.63) is 28.8 Å². The molecule has 7 heteroatoms. The Morgan fingerprint density at radius 3 is 2.57 bits per heavy atom. The number of nitrogens with one attached hydrogen (secondary N) is 1. The highest BCUT2D eigenvalue weighted by molar-refractivity contribution is 6.33. The molecule has 2 amide bonds. The summed E-state index contributed by atoms with van der Waals surface area (Å²) >= 11 is 5.99. The third-order valence-electron chi connectivity index (χ3n) is 3.47. The molecule has 1 fully saturated rings. The Hall–Kier alpha value is -2.26. The van der Waals surface area contributed by atoms with Gasteiger partial charge >= 0.3 is 12.0 Å². The average Bonchev–Trinajstić information content (AvgIpc) is 2.49. The van der Waals surface area contributed by atoms with Crippen LogP contribution in [-0.2, 0) is 4.79 Å². The smallest absolute Gasteiger partial charge is 0.321 e. The minimum atomic E-state index is -0.815. The Kier molecular flexibility index (Phi) is 4.66. The van der Waals surface area contributed by atoms with Gasteiger partial charge in [0.2, 0.25) is 0 Å². The summed E-state index contributed by atoms with van der Waals surface area (Å²) in [5, 5.41) is 20.6. The Morgan fingerprint density at radius 1 is 1.38 bits per heavy atom. The lowest BCUT2D eigenvalue weighted by atomic mass is 9.97. The van der Waals surface area contributed by atoms with E-state index in [9.17, 15) is 9.59 Å². The molecule has 21 heavy (non-hydrogen) atoms. The lowest BCUT2D eigenvalue weighted by Gasteiger charge is -2.30. The maximum atomic E-state index is 12.1. The van der Waals surface area contributed by atoms with Gasteiger partial charge in [-0.3, -0.25) is 4.79 Å². The molecule has 2 N–H and O–H groups in total. The van der Waals surface area contributed by atoms with Crippen LogP contribution < -0.4 is 5.32 Å². The SMILES string of the molecule is N#Cc1ccc(NC(=O)N2CCC(C(=O)O)CC2)c(Cl)c1. The normalized spacial score (nSPS) is 15.3. The molecular weight excluding hydrogens is 294 g/mol. The summed E-state index contributed by atoms with van der Waals surface area (Å²) in [6.45, 7) is 0.799. The first-order chi connectivity index (χ1) is 10.0. The van der Waals surface area contributed by atoms with Gasteiger partial charge in [0, 0.05) is 13.1 Å². The van der Waals surface area contributed by atoms with Crippen LogP contribution in [0.4, 0.5) is 10.5 Å². The van der Waals surface area contributed by atoms with Crippen molar-refractivity contribution in [3.63, 3.8) is 0 Å². The van der Waals surface area contributed by atoms with Gasteiger partial charge in [0.25, 0.3) is 0 Å². The number of carboxylic acid groups (broad SMARTS) is 1. The van der Waals surface area contributed by atoms with Crippen molar-refractivity contribution in [3.8, 4) is 6.07 Å². The quantitative estimate of drug-likeness (QED) is 0.878. The van der Waals surface area contributed by atoms with Gasteiger partial charge in [-0.25, -0.2) is 4.79 Å². The van der Waals surface area contributed by atoms with Crippen LogP contribution in [0.5, 0.6) is 0 Å². The van der Waals surface area contributed by atoms with E-state index >= 15 is 0 Å². The number of piperidine rings is 1. The fourth-order valence-corrected chi connectivity index (χ4v) is 2.44. The number of hydrogen-bond donors (Lipinski definition) is 2. The second-order valence-corrected chi connectivity index (χ2v) is 5.24. The van der Waals surface area contributed by atoms with Crippen molar-refractivity contribution in [1.29, 1.82) is 5.26 Å². The summed E-state index contributed by atoms with van der Waals surface area (Å²) in [4.78, 5) is 24.5. The van der Waals surface area contributed by atoms with Crippen molar-refractivity contribution < 1.29 is 14.7 Å². The van der Waals surface area contributed by atoms with Crippen molar-refractivity contribution in [1.82, 2.24) is 4.90 Å². The Morgan fingerprint density at radius 2 is 2.05 bits per heavy atom. The molecule has 0 unspecified atom stereocenters. The number of rotatable bonds is 2. The van der Waals surface area contributed by atoms with Gasteiger partial charge in [0.1, 0.15) is 0 Å². The molecule has 110 valence electrons. The molecule has 0 atom stereocenters. The van der Waals surface area contributed by atoms with E-state index in [1.807, 2.05) is 6.07 Å². The number of nitriles is 1. The van der Waals surface area contributed by atoms with Crippen LogP contribution in [0.15, 0.2) is 18.2 Å². The fourth-order valence-electron chi connectivity index (χ4n) is 2.21. The molecule has 0 spiro atoms. The molecule has 1 aliphatic rings. The van der Waals surface area contributed by atoms with Crippen molar-refractivity contribution in [2.24, 2.45) is 5.92 Å². The highest BCUT2D eigenvalue weighted by Gasteiger charge is 2.27. The molecule has 0 aromatic heterocycles. The predicted molar refractivity (Wildman–Crippen MR) is 77.1 cm³/mol. The molecule has 1 aromatic rings. The molecule has 1 heterocycles. The van der Waals surface area contributed by atoms with Crippen LogP contribution in [0.1, 0.15) is 18.4 Å². The topological polar surface area (TPSA) is 93.4 Å². The number of aliphatic carboxylic acids is 1. The highest BCUT2D eigenvalue weighted by atomic mass is 35.5. The largest absolute Gasteiger partial charge is 0.481 e. The van der Waals surface area contributed by atoms with Gasteiger partial charge < -0.3 is 15.3 Å². The summed E-state index contributed by atoms with van der Waals surface area (Å²) in [7, 11) is 0. The highest BCUT2D eigenvalue weighted by Crippen LogP contribution is 2.24. The zero-order valence-electron chi connectivity index (χ0n) is 11.2. The number of carboxylic acids is 1. The summed E-state index contributed by atoms with van der Waals surface area (Å²) in [6, 6.07) is 6.27. The Labute approximate surface area is 126 Å². The standard InChI is InChI=1S/C14H14ClN3O3/c15-11-7-9(8-16)1-2-12(11)17-14(21)18-5-3-10(4-6-18)13(19)20/h1-2,7,10H,3-6H2,(H,17,21)(H,19,20). The molecule has 1 aromatic carbocycles. The van der Waals surface area contributed by atoms with Gasteiger partial charge in [0.15, 0.2) is 0 Å². The zero-order valence-corrected chi connectivity index (χ0v) is 11.9. The van der Waals surface area contributed by atoms with Crippen molar-refractivity contribution >= 4 is 29.3 Å². The number of anilines is 1. The number of benzene rings is 1. The number of nitrogens with zero attached hydrogens (tertiary/aromatic N) is 2. The molecule has 1 aliphatic heterocycles. The number of carbonyl (C=O) groups excluding carboxylic acids is 1. The third-order valence-corrected chi connectivity index (χ3v) is 3.78. The molecule has 0 bridgehead atoms. The van der Waals surface area contributed by atoms with E-state index in [1.165, 1.54) is 6.07 Å². The Bertz CT molecular complexity index is 604. The molecular formula is C14H14ClN3O3. The zero-order chi connectivity index (χ0) is 15.4. The first-order valence-electron chi connectivity index (χ1n) is 6.49. The van der Waals surface area contributed by atoms with Gasteiger partial charge in [-0.15, -0.1) is 0 Å². The van der Waals surface area contributed by atoms with E-state index in [0.717, 1.165) is 0 Å². The van der Waals surface area contributed by atoms with Crippen molar-refractivity contribution in [2.75, 3.05) is 18.4 Å². The van der Waals surface area contributed by atoms with E-state index in [0.29, 0.717) is 42.2 Å². The number of halogens is 1. The fraction of sp³-hybridized carbons (Fsp3) is 0.357. The number of hydrogen-bond acceptors (Lipinski definition) is 3. The Balaban J connectivity index is 1.97. The van der Waals surface area contributed by atoms with Crippen LogP contribution in [-0.4, -0.2) is 35.1 Å². The second kappa shape index (κ2) is 6.46. The molecule has 0 radical (unpaired) electrons. The molecule has 0 saturated carbocycles. The lowest BCUT2D eigenvalue weighted by molar-refractivity contribution is -0.143. The van der Waals surface area contributed by atoms with Crippen molar-refractivity contribution in [2.45, 2.75) is 12.8 Å². The summed E-state index contributed by atoms with van der Waals surface area (Å²) in [6.07, 6.45) is 0.897. The van der Waals surface area contributed by atoms with E-state index in [2.05, 4.69) is 5.32 Å². The second-order valence-electron chi connectivity index (χ2n) is 4.84. The minimum absolute atomic E-state index is 0.294. The maximum absolute atomic E-state index is 12.1. The van der Waals surface area contributed by atoms with Gasteiger partial charge in [-0.05, 0) is 31.0 Å². The number of likely N-dealkylation sites (tertiary alicyclic amines) is 1. The van der Waals surface area contributed by atoms with Gasteiger partial charge in [0.05, 0.1) is 28.3 Å². The number of amides is 2. The van der Waals surface area contributed by atoms with E-state index in [4.69, 9.17) is 22.0 Å². The molecule has 1 saturated heterocycles. The molecule has 0 aliphatic carbocycles. The summed E-state index contributed by atoms with van der Waals surface area (Å²) < 4.78 is 0. The predicted octanol–water partition coefficient (Wildman–Crippen LogP) is 2.54. The van der Waals surface area contributed by atoms with Crippen LogP contribution >= 0.6 is 11.6 Å². The average molecular weight is 308 g/mol. The van der Waals surface area contributed by atoms with E-state index < -0.39 is 5.97 Å². The van der Waals surface area contributed by atoms with Crippen LogP contribution in [0.3, 0.4) is 0 Å². The number of urea groups is 1. The van der Waals surface area contributed by atoms with Gasteiger partial charge in [-0.2, -0.15) is 5.26 Å². The third kappa shape index (κ3) is 3.64. The van der Waals surface area contributed by atoms with Crippen LogP contribution in [0.25, 0.3) is 0 Å². The first kappa shape index (κ1) is 15.1. The van der Waals surface area contributed by atoms with Crippen LogP contribution in [0, 0.1) is 17.2 Å². The monoisotopic (exact) mass is 307 g/mol. The summed E-state index contributed by atoms with van der Waals surface area (Å²) in [5.41, 5.74) is 0.848. The lowest BCUT2D eigenvalue weighted by Crippen LogP contribution is -2.42. The van der Waals surface area contributed by atoms with E-state index in [-0.39, 0.29) is 11.9 Å².